The van der Waals surface area contributed by atoms with E-state index in [0.717, 1.165) is 5.56 Å². The smallest absolute Gasteiger partial charge is 0.339 e. The highest BCUT2D eigenvalue weighted by Crippen LogP contribution is 2.22. The van der Waals surface area contributed by atoms with Gasteiger partial charge >= 0.3 is 5.97 Å². The lowest BCUT2D eigenvalue weighted by Crippen LogP contribution is -2.16. The van der Waals surface area contributed by atoms with Gasteiger partial charge in [0.15, 0.2) is 0 Å². The maximum absolute atomic E-state index is 12.0. The highest BCUT2D eigenvalue weighted by atomic mass is 35.5. The van der Waals surface area contributed by atoms with Gasteiger partial charge in [-0.05, 0) is 23.8 Å². The van der Waals surface area contributed by atoms with Crippen LogP contribution in [0.1, 0.15) is 21.8 Å². The minimum atomic E-state index is -0.558. The van der Waals surface area contributed by atoms with Crippen LogP contribution in [0, 0.1) is 0 Å². The first-order valence-electron chi connectivity index (χ1n) is 6.40. The van der Waals surface area contributed by atoms with Crippen molar-refractivity contribution in [3.05, 3.63) is 69.7 Å². The van der Waals surface area contributed by atoms with Crippen LogP contribution in [0.2, 0.25) is 10.0 Å². The Morgan fingerprint density at radius 1 is 1.14 bits per heavy atom. The number of hydrogen-bond acceptors (Lipinski definition) is 3. The van der Waals surface area contributed by atoms with Gasteiger partial charge in [-0.1, -0.05) is 53.5 Å². The van der Waals surface area contributed by atoms with E-state index in [1.165, 1.54) is 6.07 Å². The molecule has 1 unspecified atom stereocenters. The van der Waals surface area contributed by atoms with Crippen molar-refractivity contribution in [3.8, 4) is 0 Å². The molecule has 5 heteroatoms. The zero-order valence-corrected chi connectivity index (χ0v) is 12.6. The van der Waals surface area contributed by atoms with Crippen LogP contribution in [-0.4, -0.2) is 24.3 Å². The van der Waals surface area contributed by atoms with Crippen molar-refractivity contribution in [2.24, 2.45) is 0 Å². The van der Waals surface area contributed by atoms with E-state index in [2.05, 4.69) is 0 Å². The number of esters is 1. The number of carbonyl (C=O) groups is 1. The van der Waals surface area contributed by atoms with Crippen LogP contribution in [0.5, 0.6) is 0 Å². The maximum Gasteiger partial charge on any atom is 0.339 e. The van der Waals surface area contributed by atoms with Crippen LogP contribution in [-0.2, 0) is 4.74 Å². The van der Waals surface area contributed by atoms with Crippen molar-refractivity contribution in [1.82, 2.24) is 0 Å². The molecule has 1 N–H and O–H groups in total. The Morgan fingerprint density at radius 3 is 2.52 bits per heavy atom. The number of benzene rings is 2. The number of aliphatic hydroxyl groups is 1. The molecule has 0 heterocycles. The Balaban J connectivity index is 2.04. The lowest BCUT2D eigenvalue weighted by Gasteiger charge is -2.15. The fourth-order valence-electron chi connectivity index (χ4n) is 1.89. The molecule has 0 saturated carbocycles. The average Bonchev–Trinajstić information content (AvgIpc) is 2.51. The molecular weight excluding hydrogens is 311 g/mol. The van der Waals surface area contributed by atoms with E-state index in [9.17, 15) is 9.90 Å². The number of hydrogen-bond donors (Lipinski definition) is 1. The van der Waals surface area contributed by atoms with Gasteiger partial charge < -0.3 is 9.84 Å². The maximum atomic E-state index is 12.0. The van der Waals surface area contributed by atoms with E-state index in [0.29, 0.717) is 5.02 Å². The standard InChI is InChI=1S/C16H14Cl2O3/c17-13-6-7-15(18)14(8-13)16(20)21-10-12(9-19)11-4-2-1-3-5-11/h1-8,12,19H,9-10H2. The summed E-state index contributed by atoms with van der Waals surface area (Å²) in [7, 11) is 0. The predicted octanol–water partition coefficient (Wildman–Crippen LogP) is 3.93. The summed E-state index contributed by atoms with van der Waals surface area (Å²) < 4.78 is 5.23. The van der Waals surface area contributed by atoms with E-state index in [4.69, 9.17) is 27.9 Å². The number of ether oxygens (including phenoxy) is 1. The molecule has 0 aliphatic carbocycles. The van der Waals surface area contributed by atoms with Crippen LogP contribution < -0.4 is 0 Å². The Labute approximate surface area is 133 Å². The largest absolute Gasteiger partial charge is 0.461 e. The first-order valence-corrected chi connectivity index (χ1v) is 7.15. The molecule has 110 valence electrons. The van der Waals surface area contributed by atoms with Crippen molar-refractivity contribution in [3.63, 3.8) is 0 Å². The zero-order valence-electron chi connectivity index (χ0n) is 11.1. The summed E-state index contributed by atoms with van der Waals surface area (Å²) >= 11 is 11.8. The number of aliphatic hydroxyl groups excluding tert-OH is 1. The second-order valence-corrected chi connectivity index (χ2v) is 5.36. The highest BCUT2D eigenvalue weighted by Gasteiger charge is 2.16. The van der Waals surface area contributed by atoms with E-state index in [-0.39, 0.29) is 29.7 Å². The lowest BCUT2D eigenvalue weighted by atomic mass is 10.0. The van der Waals surface area contributed by atoms with Crippen LogP contribution in [0.3, 0.4) is 0 Å². The summed E-state index contributed by atoms with van der Waals surface area (Å²) in [6, 6.07) is 14.0. The summed E-state index contributed by atoms with van der Waals surface area (Å²) in [5.41, 5.74) is 1.12. The molecule has 2 rings (SSSR count). The van der Waals surface area contributed by atoms with Gasteiger partial charge in [-0.2, -0.15) is 0 Å². The molecule has 0 spiro atoms. The fraction of sp³-hybridized carbons (Fsp3) is 0.188. The second kappa shape index (κ2) is 7.46. The molecule has 0 fully saturated rings. The topological polar surface area (TPSA) is 46.5 Å². The van der Waals surface area contributed by atoms with Crippen molar-refractivity contribution in [1.29, 1.82) is 0 Å². The molecule has 0 saturated heterocycles. The number of carbonyl (C=O) groups excluding carboxylic acids is 1. The third-order valence-electron chi connectivity index (χ3n) is 3.06. The van der Waals surface area contributed by atoms with Crippen molar-refractivity contribution in [2.45, 2.75) is 5.92 Å². The van der Waals surface area contributed by atoms with E-state index in [1.807, 2.05) is 30.3 Å². The van der Waals surface area contributed by atoms with Gasteiger partial charge in [0.1, 0.15) is 6.61 Å². The van der Waals surface area contributed by atoms with Gasteiger partial charge in [0, 0.05) is 10.9 Å². The molecule has 0 aromatic heterocycles. The molecule has 2 aromatic rings. The van der Waals surface area contributed by atoms with Crippen LogP contribution in [0.15, 0.2) is 48.5 Å². The molecule has 0 aliphatic heterocycles. The highest BCUT2D eigenvalue weighted by molar-refractivity contribution is 6.35. The van der Waals surface area contributed by atoms with Crippen LogP contribution >= 0.6 is 23.2 Å². The van der Waals surface area contributed by atoms with Gasteiger partial charge in [-0.15, -0.1) is 0 Å². The molecule has 0 radical (unpaired) electrons. The molecule has 0 aliphatic rings. The first kappa shape index (κ1) is 15.8. The minimum Gasteiger partial charge on any atom is -0.461 e. The average molecular weight is 325 g/mol. The summed E-state index contributed by atoms with van der Waals surface area (Å²) in [5.74, 6) is -0.829. The van der Waals surface area contributed by atoms with Crippen molar-refractivity contribution in [2.75, 3.05) is 13.2 Å². The number of halogens is 2. The van der Waals surface area contributed by atoms with Crippen molar-refractivity contribution < 1.29 is 14.6 Å². The van der Waals surface area contributed by atoms with Gasteiger partial charge in [0.05, 0.1) is 17.2 Å². The normalized spacial score (nSPS) is 12.0. The van der Waals surface area contributed by atoms with E-state index in [1.54, 1.807) is 12.1 Å². The molecule has 0 bridgehead atoms. The second-order valence-electron chi connectivity index (χ2n) is 4.51. The third-order valence-corrected chi connectivity index (χ3v) is 3.62. The SMILES string of the molecule is O=C(OCC(CO)c1ccccc1)c1cc(Cl)ccc1Cl. The minimum absolute atomic E-state index is 0.0716. The fourth-order valence-corrected chi connectivity index (χ4v) is 2.25. The van der Waals surface area contributed by atoms with Crippen LogP contribution in [0.25, 0.3) is 0 Å². The summed E-state index contributed by atoms with van der Waals surface area (Å²) in [6.07, 6.45) is 0. The van der Waals surface area contributed by atoms with E-state index >= 15 is 0 Å². The summed E-state index contributed by atoms with van der Waals surface area (Å²) in [6.45, 7) is -0.0389. The molecule has 0 amide bonds. The molecule has 1 atom stereocenters. The van der Waals surface area contributed by atoms with Crippen molar-refractivity contribution >= 4 is 29.2 Å². The summed E-state index contributed by atoms with van der Waals surface area (Å²) in [4.78, 5) is 12.0. The lowest BCUT2D eigenvalue weighted by molar-refractivity contribution is 0.0451. The Kier molecular flexibility index (Phi) is 5.62. The Morgan fingerprint density at radius 2 is 1.86 bits per heavy atom. The van der Waals surface area contributed by atoms with Gasteiger partial charge in [-0.3, -0.25) is 0 Å². The molecule has 21 heavy (non-hydrogen) atoms. The zero-order chi connectivity index (χ0) is 15.2. The quantitative estimate of drug-likeness (QED) is 0.848. The summed E-state index contributed by atoms with van der Waals surface area (Å²) in [5, 5.41) is 10.1. The van der Waals surface area contributed by atoms with E-state index < -0.39 is 5.97 Å². The third kappa shape index (κ3) is 4.21. The monoisotopic (exact) mass is 324 g/mol. The van der Waals surface area contributed by atoms with Gasteiger partial charge in [0.2, 0.25) is 0 Å². The molecule has 2 aromatic carbocycles. The number of rotatable bonds is 5. The predicted molar refractivity (Wildman–Crippen MR) is 83.0 cm³/mol. The van der Waals surface area contributed by atoms with Crippen LogP contribution in [0.4, 0.5) is 0 Å². The molecular formula is C16H14Cl2O3. The first-order chi connectivity index (χ1) is 10.1. The Hall–Kier alpha value is -1.55. The van der Waals surface area contributed by atoms with Gasteiger partial charge in [0.25, 0.3) is 0 Å². The molecule has 3 nitrogen and oxygen atoms in total. The Bertz CT molecular complexity index is 614. The van der Waals surface area contributed by atoms with Gasteiger partial charge in [-0.25, -0.2) is 4.79 Å².